The summed E-state index contributed by atoms with van der Waals surface area (Å²) in [7, 11) is 1.64. The maximum atomic E-state index is 13.0. The summed E-state index contributed by atoms with van der Waals surface area (Å²) < 4.78 is 13.0. The standard InChI is InChI=1S/C28H38N6O3/c1-4-22-18-31-26(19-33-15-13-29-20-33)32-28(22)34-14-7-6-8-23(34)17-27(35)30-12-11-21-9-10-24(36-3)25(16-21)37-5-2/h9-10,13,15-16,18,20,23H,4-8,11-12,14,17,19H2,1-3H3,(H,30,35). The van der Waals surface area contributed by atoms with Crippen molar-refractivity contribution >= 4 is 11.7 Å². The number of nitrogens with one attached hydrogen (secondary N) is 1. The van der Waals surface area contributed by atoms with E-state index >= 15 is 0 Å². The van der Waals surface area contributed by atoms with E-state index in [0.29, 0.717) is 26.1 Å². The topological polar surface area (TPSA) is 94.4 Å². The number of hydrogen-bond donors (Lipinski definition) is 1. The number of methoxy groups -OCH3 is 1. The summed E-state index contributed by atoms with van der Waals surface area (Å²) in [5, 5.41) is 3.12. The highest BCUT2D eigenvalue weighted by atomic mass is 16.5. The molecule has 0 bridgehead atoms. The SMILES string of the molecule is CCOc1cc(CCNC(=O)CC2CCCCN2c2nc(Cn3ccnc3)ncc2CC)ccc1OC. The highest BCUT2D eigenvalue weighted by Gasteiger charge is 2.27. The molecule has 0 saturated carbocycles. The third kappa shape index (κ3) is 6.99. The first-order chi connectivity index (χ1) is 18.1. The molecule has 0 radical (unpaired) electrons. The summed E-state index contributed by atoms with van der Waals surface area (Å²) in [6.07, 6.45) is 12.6. The minimum Gasteiger partial charge on any atom is -0.493 e. The highest BCUT2D eigenvalue weighted by Crippen LogP contribution is 2.29. The van der Waals surface area contributed by atoms with Gasteiger partial charge in [-0.1, -0.05) is 13.0 Å². The Morgan fingerprint density at radius 1 is 1.22 bits per heavy atom. The summed E-state index contributed by atoms with van der Waals surface area (Å²) in [5.41, 5.74) is 2.22. The molecule has 9 nitrogen and oxygen atoms in total. The van der Waals surface area contributed by atoms with Crippen LogP contribution in [0.25, 0.3) is 0 Å². The second-order valence-corrected chi connectivity index (χ2v) is 9.29. The van der Waals surface area contributed by atoms with Gasteiger partial charge in [-0.3, -0.25) is 4.79 Å². The second-order valence-electron chi connectivity index (χ2n) is 9.29. The third-order valence-electron chi connectivity index (χ3n) is 6.74. The molecule has 3 aromatic rings. The number of piperidine rings is 1. The van der Waals surface area contributed by atoms with Gasteiger partial charge in [-0.05, 0) is 56.7 Å². The molecule has 1 unspecified atom stereocenters. The van der Waals surface area contributed by atoms with Crippen LogP contribution in [-0.2, 0) is 24.2 Å². The molecule has 1 aliphatic rings. The first-order valence-corrected chi connectivity index (χ1v) is 13.2. The van der Waals surface area contributed by atoms with E-state index in [1.165, 1.54) is 0 Å². The van der Waals surface area contributed by atoms with E-state index in [9.17, 15) is 4.79 Å². The van der Waals surface area contributed by atoms with E-state index in [1.807, 2.05) is 42.1 Å². The maximum Gasteiger partial charge on any atom is 0.222 e. The first kappa shape index (κ1) is 26.4. The van der Waals surface area contributed by atoms with Gasteiger partial charge in [0.25, 0.3) is 0 Å². The fourth-order valence-corrected chi connectivity index (χ4v) is 4.82. The van der Waals surface area contributed by atoms with Crippen molar-refractivity contribution in [2.75, 3.05) is 31.7 Å². The van der Waals surface area contributed by atoms with Crippen LogP contribution in [0.2, 0.25) is 0 Å². The number of anilines is 1. The number of carbonyl (C=O) groups excluding carboxylic acids is 1. The van der Waals surface area contributed by atoms with Crippen molar-refractivity contribution in [1.82, 2.24) is 24.8 Å². The Hall–Kier alpha value is -3.62. The van der Waals surface area contributed by atoms with Crippen LogP contribution < -0.4 is 19.7 Å². The molecule has 1 N–H and O–H groups in total. The Balaban J connectivity index is 1.38. The van der Waals surface area contributed by atoms with E-state index < -0.39 is 0 Å². The molecule has 1 fully saturated rings. The Kier molecular flexibility index (Phi) is 9.35. The molecule has 1 aliphatic heterocycles. The van der Waals surface area contributed by atoms with Gasteiger partial charge in [0.1, 0.15) is 11.6 Å². The van der Waals surface area contributed by atoms with E-state index in [0.717, 1.165) is 72.9 Å². The summed E-state index contributed by atoms with van der Waals surface area (Å²) in [5.74, 6) is 3.24. The summed E-state index contributed by atoms with van der Waals surface area (Å²) in [6.45, 7) is 6.70. The van der Waals surface area contributed by atoms with Crippen LogP contribution in [0, 0.1) is 0 Å². The molecule has 0 aliphatic carbocycles. The lowest BCUT2D eigenvalue weighted by atomic mass is 9.98. The van der Waals surface area contributed by atoms with Crippen molar-refractivity contribution in [3.63, 3.8) is 0 Å². The van der Waals surface area contributed by atoms with Crippen molar-refractivity contribution in [3.05, 3.63) is 60.1 Å². The molecule has 1 atom stereocenters. The lowest BCUT2D eigenvalue weighted by Crippen LogP contribution is -2.44. The van der Waals surface area contributed by atoms with Gasteiger partial charge in [-0.2, -0.15) is 0 Å². The van der Waals surface area contributed by atoms with Gasteiger partial charge < -0.3 is 24.3 Å². The van der Waals surface area contributed by atoms with Crippen molar-refractivity contribution in [3.8, 4) is 11.5 Å². The Morgan fingerprint density at radius 3 is 2.86 bits per heavy atom. The molecule has 9 heteroatoms. The van der Waals surface area contributed by atoms with Crippen molar-refractivity contribution < 1.29 is 14.3 Å². The van der Waals surface area contributed by atoms with Gasteiger partial charge >= 0.3 is 0 Å². The normalized spacial score (nSPS) is 15.4. The predicted molar refractivity (Wildman–Crippen MR) is 143 cm³/mol. The quantitative estimate of drug-likeness (QED) is 0.399. The van der Waals surface area contributed by atoms with Crippen LogP contribution in [0.4, 0.5) is 5.82 Å². The second kappa shape index (κ2) is 13.1. The third-order valence-corrected chi connectivity index (χ3v) is 6.74. The van der Waals surface area contributed by atoms with Gasteiger partial charge in [0.05, 0.1) is 26.6 Å². The number of amides is 1. The van der Waals surface area contributed by atoms with Crippen LogP contribution in [0.3, 0.4) is 0 Å². The number of aryl methyl sites for hydroxylation is 1. The molecule has 1 saturated heterocycles. The molecule has 198 valence electrons. The molecular formula is C28H38N6O3. The number of hydrogen-bond acceptors (Lipinski definition) is 7. The van der Waals surface area contributed by atoms with E-state index in [-0.39, 0.29) is 11.9 Å². The summed E-state index contributed by atoms with van der Waals surface area (Å²) in [4.78, 5) is 28.9. The van der Waals surface area contributed by atoms with Crippen LogP contribution in [0.15, 0.2) is 43.1 Å². The monoisotopic (exact) mass is 506 g/mol. The Labute approximate surface area is 219 Å². The number of nitrogens with zero attached hydrogens (tertiary/aromatic N) is 5. The zero-order chi connectivity index (χ0) is 26.0. The largest absolute Gasteiger partial charge is 0.493 e. The number of benzene rings is 1. The fourth-order valence-electron chi connectivity index (χ4n) is 4.82. The van der Waals surface area contributed by atoms with Gasteiger partial charge in [0.15, 0.2) is 11.5 Å². The molecular weight excluding hydrogens is 468 g/mol. The van der Waals surface area contributed by atoms with Crippen molar-refractivity contribution in [2.24, 2.45) is 0 Å². The zero-order valence-electron chi connectivity index (χ0n) is 22.2. The lowest BCUT2D eigenvalue weighted by Gasteiger charge is -2.37. The molecule has 1 amide bonds. The van der Waals surface area contributed by atoms with Gasteiger partial charge in [-0.25, -0.2) is 15.0 Å². The average molecular weight is 507 g/mol. The minimum atomic E-state index is 0.0705. The maximum absolute atomic E-state index is 13.0. The first-order valence-electron chi connectivity index (χ1n) is 13.2. The van der Waals surface area contributed by atoms with Crippen LogP contribution >= 0.6 is 0 Å². The van der Waals surface area contributed by atoms with Crippen LogP contribution in [-0.4, -0.2) is 58.3 Å². The number of imidazole rings is 1. The molecule has 2 aromatic heterocycles. The number of aromatic nitrogens is 4. The van der Waals surface area contributed by atoms with Gasteiger partial charge in [0.2, 0.25) is 5.91 Å². The lowest BCUT2D eigenvalue weighted by molar-refractivity contribution is -0.121. The molecule has 1 aromatic carbocycles. The summed E-state index contributed by atoms with van der Waals surface area (Å²) >= 11 is 0. The van der Waals surface area contributed by atoms with Crippen molar-refractivity contribution in [2.45, 2.75) is 65.0 Å². The molecule has 3 heterocycles. The summed E-state index contributed by atoms with van der Waals surface area (Å²) in [6, 6.07) is 6.04. The predicted octanol–water partition coefficient (Wildman–Crippen LogP) is 3.80. The smallest absolute Gasteiger partial charge is 0.222 e. The number of ether oxygens (including phenoxy) is 2. The molecule has 37 heavy (non-hydrogen) atoms. The van der Waals surface area contributed by atoms with Gasteiger partial charge in [-0.15, -0.1) is 0 Å². The minimum absolute atomic E-state index is 0.0705. The number of rotatable bonds is 12. The van der Waals surface area contributed by atoms with Crippen LogP contribution in [0.5, 0.6) is 11.5 Å². The average Bonchev–Trinajstić information content (AvgIpc) is 3.42. The molecule has 0 spiro atoms. The number of carbonyl (C=O) groups is 1. The van der Waals surface area contributed by atoms with E-state index in [2.05, 4.69) is 27.1 Å². The fraction of sp³-hybridized carbons (Fsp3) is 0.500. The Morgan fingerprint density at radius 2 is 2.11 bits per heavy atom. The zero-order valence-corrected chi connectivity index (χ0v) is 22.2. The van der Waals surface area contributed by atoms with E-state index in [1.54, 1.807) is 19.6 Å². The van der Waals surface area contributed by atoms with Crippen LogP contribution in [0.1, 0.15) is 56.5 Å². The van der Waals surface area contributed by atoms with Crippen molar-refractivity contribution in [1.29, 1.82) is 0 Å². The highest BCUT2D eigenvalue weighted by molar-refractivity contribution is 5.77. The Bertz CT molecular complexity index is 1150. The van der Waals surface area contributed by atoms with Gasteiger partial charge in [0, 0.05) is 49.7 Å². The molecule has 4 rings (SSSR count). The van der Waals surface area contributed by atoms with E-state index in [4.69, 9.17) is 14.5 Å².